The third-order valence-corrected chi connectivity index (χ3v) is 4.09. The number of hydrogen-bond acceptors (Lipinski definition) is 1. The van der Waals surface area contributed by atoms with Crippen molar-refractivity contribution in [3.05, 3.63) is 0 Å². The fourth-order valence-corrected chi connectivity index (χ4v) is 2.55. The molecule has 0 saturated carbocycles. The molecule has 1 fully saturated rings. The Balaban J connectivity index is 0.00000256. The average molecular weight is 263 g/mol. The fourth-order valence-electron chi connectivity index (χ4n) is 2.55. The molecule has 0 aromatic rings. The largest absolute Gasteiger partial charge is 1.00 e. The lowest BCUT2D eigenvalue weighted by atomic mass is 10.1. The summed E-state index contributed by atoms with van der Waals surface area (Å²) in [6.07, 6.45) is 8.57. The molecule has 0 aromatic carbocycles. The van der Waals surface area contributed by atoms with E-state index in [0.29, 0.717) is 0 Å². The normalized spacial score (nSPS) is 19.9. The van der Waals surface area contributed by atoms with E-state index in [1.165, 1.54) is 75.7 Å². The Hall–Kier alpha value is 0.210. The molecule has 0 spiro atoms. The first-order chi connectivity index (χ1) is 7.66. The summed E-state index contributed by atoms with van der Waals surface area (Å²) in [4.78, 5) is 2.46. The summed E-state index contributed by atoms with van der Waals surface area (Å²) < 4.78 is 1.32. The molecule has 0 aromatic heterocycles. The van der Waals surface area contributed by atoms with E-state index in [1.54, 1.807) is 0 Å². The zero-order valence-electron chi connectivity index (χ0n) is 12.1. The summed E-state index contributed by atoms with van der Waals surface area (Å²) >= 11 is 0. The Labute approximate surface area is 114 Å². The van der Waals surface area contributed by atoms with E-state index in [1.807, 2.05) is 0 Å². The van der Waals surface area contributed by atoms with Gasteiger partial charge in [0.1, 0.15) is 0 Å². The number of piperazine rings is 1. The number of quaternary nitrogens is 1. The first-order valence-corrected chi connectivity index (χ1v) is 7.18. The summed E-state index contributed by atoms with van der Waals surface area (Å²) in [7, 11) is 4.69. The molecular formula is C14H31ClN2. The van der Waals surface area contributed by atoms with Crippen molar-refractivity contribution in [1.29, 1.82) is 0 Å². The molecule has 1 aliphatic rings. The molecule has 1 rings (SSSR count). The molecule has 2 nitrogen and oxygen atoms in total. The maximum atomic E-state index is 2.46. The minimum atomic E-state index is 0. The smallest absolute Gasteiger partial charge is 0.0914 e. The van der Waals surface area contributed by atoms with Gasteiger partial charge in [-0.2, -0.15) is 0 Å². The van der Waals surface area contributed by atoms with Gasteiger partial charge in [-0.05, 0) is 19.9 Å². The van der Waals surface area contributed by atoms with Crippen LogP contribution in [-0.2, 0) is 0 Å². The standard InChI is InChI=1S/C14H31N2.ClH/c1-4-5-6-7-8-9-12-16(3)13-10-15(2)11-14-16;/h4-14H2,1-3H3;1H/q+1;/p-1. The van der Waals surface area contributed by atoms with Gasteiger partial charge in [0.25, 0.3) is 0 Å². The highest BCUT2D eigenvalue weighted by molar-refractivity contribution is 4.58. The van der Waals surface area contributed by atoms with Crippen LogP contribution in [-0.4, -0.2) is 56.2 Å². The van der Waals surface area contributed by atoms with Crippen LogP contribution in [0.3, 0.4) is 0 Å². The maximum absolute atomic E-state index is 2.46. The summed E-state index contributed by atoms with van der Waals surface area (Å²) in [6, 6.07) is 0. The van der Waals surface area contributed by atoms with E-state index in [0.717, 1.165) is 0 Å². The predicted molar refractivity (Wildman–Crippen MR) is 71.7 cm³/mol. The van der Waals surface area contributed by atoms with E-state index in [9.17, 15) is 0 Å². The molecular weight excluding hydrogens is 232 g/mol. The lowest BCUT2D eigenvalue weighted by Gasteiger charge is -2.41. The van der Waals surface area contributed by atoms with Crippen LogP contribution in [0.5, 0.6) is 0 Å². The van der Waals surface area contributed by atoms with Crippen LogP contribution in [0.4, 0.5) is 0 Å². The van der Waals surface area contributed by atoms with Crippen LogP contribution in [0.2, 0.25) is 0 Å². The molecule has 0 bridgehead atoms. The third-order valence-electron chi connectivity index (χ3n) is 4.09. The van der Waals surface area contributed by atoms with Crippen molar-refractivity contribution in [2.75, 3.05) is 46.8 Å². The highest BCUT2D eigenvalue weighted by Gasteiger charge is 2.25. The van der Waals surface area contributed by atoms with E-state index in [-0.39, 0.29) is 12.4 Å². The molecule has 3 heteroatoms. The molecule has 0 atom stereocenters. The van der Waals surface area contributed by atoms with Crippen LogP contribution >= 0.6 is 0 Å². The molecule has 1 saturated heterocycles. The zero-order chi connectivity index (χ0) is 11.9. The van der Waals surface area contributed by atoms with Crippen LogP contribution in [0.15, 0.2) is 0 Å². The van der Waals surface area contributed by atoms with Crippen molar-refractivity contribution in [1.82, 2.24) is 4.90 Å². The highest BCUT2D eigenvalue weighted by Crippen LogP contribution is 2.12. The van der Waals surface area contributed by atoms with Crippen molar-refractivity contribution in [2.45, 2.75) is 45.4 Å². The second-order valence-electron chi connectivity index (χ2n) is 5.86. The van der Waals surface area contributed by atoms with Gasteiger partial charge in [0, 0.05) is 13.1 Å². The number of likely N-dealkylation sites (N-methyl/N-ethyl adjacent to an activating group) is 2. The summed E-state index contributed by atoms with van der Waals surface area (Å²) in [5.74, 6) is 0. The van der Waals surface area contributed by atoms with Gasteiger partial charge in [-0.3, -0.25) is 4.90 Å². The monoisotopic (exact) mass is 262 g/mol. The van der Waals surface area contributed by atoms with Crippen LogP contribution < -0.4 is 12.4 Å². The number of unbranched alkanes of at least 4 members (excludes halogenated alkanes) is 5. The summed E-state index contributed by atoms with van der Waals surface area (Å²) in [5, 5.41) is 0. The molecule has 0 unspecified atom stereocenters. The maximum Gasteiger partial charge on any atom is 0.0914 e. The zero-order valence-corrected chi connectivity index (χ0v) is 12.8. The second-order valence-corrected chi connectivity index (χ2v) is 5.86. The Kier molecular flexibility index (Phi) is 9.29. The quantitative estimate of drug-likeness (QED) is 0.452. The lowest BCUT2D eigenvalue weighted by Crippen LogP contribution is -3.00. The Morgan fingerprint density at radius 3 is 2.06 bits per heavy atom. The van der Waals surface area contributed by atoms with Crippen molar-refractivity contribution < 1.29 is 16.9 Å². The van der Waals surface area contributed by atoms with Gasteiger partial charge in [0.15, 0.2) is 0 Å². The molecule has 17 heavy (non-hydrogen) atoms. The second kappa shape index (κ2) is 9.18. The van der Waals surface area contributed by atoms with Gasteiger partial charge in [0.05, 0.1) is 26.7 Å². The lowest BCUT2D eigenvalue weighted by molar-refractivity contribution is -0.913. The molecule has 104 valence electrons. The highest BCUT2D eigenvalue weighted by atomic mass is 35.5. The molecule has 0 amide bonds. The van der Waals surface area contributed by atoms with Crippen molar-refractivity contribution in [2.24, 2.45) is 0 Å². The van der Waals surface area contributed by atoms with Gasteiger partial charge in [-0.15, -0.1) is 0 Å². The molecule has 1 heterocycles. The first-order valence-electron chi connectivity index (χ1n) is 7.18. The summed E-state index contributed by atoms with van der Waals surface area (Å²) in [5.41, 5.74) is 0. The topological polar surface area (TPSA) is 3.24 Å². The third kappa shape index (κ3) is 7.28. The molecule has 0 aliphatic carbocycles. The minimum absolute atomic E-state index is 0. The van der Waals surface area contributed by atoms with Crippen LogP contribution in [0.25, 0.3) is 0 Å². The van der Waals surface area contributed by atoms with Gasteiger partial charge in [-0.1, -0.05) is 32.6 Å². The Morgan fingerprint density at radius 1 is 0.941 bits per heavy atom. The van der Waals surface area contributed by atoms with E-state index >= 15 is 0 Å². The average Bonchev–Trinajstić information content (AvgIpc) is 2.28. The van der Waals surface area contributed by atoms with Crippen molar-refractivity contribution >= 4 is 0 Å². The van der Waals surface area contributed by atoms with Crippen LogP contribution in [0.1, 0.15) is 45.4 Å². The predicted octanol–water partition coefficient (Wildman–Crippen LogP) is -0.257. The first kappa shape index (κ1) is 17.2. The van der Waals surface area contributed by atoms with Gasteiger partial charge < -0.3 is 16.9 Å². The van der Waals surface area contributed by atoms with Gasteiger partial charge in [0.2, 0.25) is 0 Å². The Bertz CT molecular complexity index is 177. The van der Waals surface area contributed by atoms with E-state index in [2.05, 4.69) is 25.9 Å². The van der Waals surface area contributed by atoms with Crippen LogP contribution in [0, 0.1) is 0 Å². The molecule has 0 radical (unpaired) electrons. The van der Waals surface area contributed by atoms with Gasteiger partial charge >= 0.3 is 0 Å². The van der Waals surface area contributed by atoms with Gasteiger partial charge in [-0.25, -0.2) is 0 Å². The van der Waals surface area contributed by atoms with Crippen molar-refractivity contribution in [3.63, 3.8) is 0 Å². The fraction of sp³-hybridized carbons (Fsp3) is 1.00. The molecule has 1 aliphatic heterocycles. The van der Waals surface area contributed by atoms with E-state index < -0.39 is 0 Å². The number of nitrogens with zero attached hydrogens (tertiary/aromatic N) is 2. The summed E-state index contributed by atoms with van der Waals surface area (Å²) in [6.45, 7) is 8.96. The number of rotatable bonds is 7. The number of hydrogen-bond donors (Lipinski definition) is 0. The number of halogens is 1. The van der Waals surface area contributed by atoms with E-state index in [4.69, 9.17) is 0 Å². The minimum Gasteiger partial charge on any atom is -1.00 e. The van der Waals surface area contributed by atoms with Crippen molar-refractivity contribution in [3.8, 4) is 0 Å². The SMILES string of the molecule is CCCCCCCC[N+]1(C)CCN(C)CC1.[Cl-]. The molecule has 0 N–H and O–H groups in total. The Morgan fingerprint density at radius 2 is 1.47 bits per heavy atom.